The number of amides is 2. The fourth-order valence-corrected chi connectivity index (χ4v) is 3.85. The van der Waals surface area contributed by atoms with E-state index in [1.54, 1.807) is 17.0 Å². The predicted octanol–water partition coefficient (Wildman–Crippen LogP) is 3.49. The van der Waals surface area contributed by atoms with Gasteiger partial charge in [-0.2, -0.15) is 0 Å². The molecule has 0 aliphatic carbocycles. The number of nitrogens with one attached hydrogen (secondary N) is 1. The summed E-state index contributed by atoms with van der Waals surface area (Å²) >= 11 is 1.35. The average Bonchev–Trinajstić information content (AvgIpc) is 3.40. The molecule has 1 aromatic heterocycles. The number of carbonyl (C=O) groups is 3. The van der Waals surface area contributed by atoms with E-state index in [4.69, 9.17) is 4.74 Å². The van der Waals surface area contributed by atoms with Gasteiger partial charge >= 0.3 is 5.97 Å². The third kappa shape index (κ3) is 4.59. The predicted molar refractivity (Wildman–Crippen MR) is 108 cm³/mol. The fourth-order valence-electron chi connectivity index (χ4n) is 3.17. The van der Waals surface area contributed by atoms with Crippen molar-refractivity contribution in [3.8, 4) is 0 Å². The molecule has 0 spiro atoms. The van der Waals surface area contributed by atoms with Crippen molar-refractivity contribution in [1.82, 2.24) is 4.90 Å². The van der Waals surface area contributed by atoms with Crippen LogP contribution in [0.3, 0.4) is 0 Å². The summed E-state index contributed by atoms with van der Waals surface area (Å²) in [6, 6.07) is 10.4. The van der Waals surface area contributed by atoms with E-state index in [0.29, 0.717) is 23.5 Å². The van der Waals surface area contributed by atoms with Gasteiger partial charge in [-0.1, -0.05) is 25.1 Å². The summed E-state index contributed by atoms with van der Waals surface area (Å²) in [5, 5.41) is 4.58. The van der Waals surface area contributed by atoms with Crippen LogP contribution in [-0.2, 0) is 20.7 Å². The van der Waals surface area contributed by atoms with Crippen molar-refractivity contribution in [3.05, 3.63) is 52.2 Å². The molecular formula is C21H24N2O4S. The summed E-state index contributed by atoms with van der Waals surface area (Å²) in [5.74, 6) is -1.10. The number of carbonyl (C=O) groups excluding carboxylic acids is 3. The average molecular weight is 401 g/mol. The standard InChI is InChI=1S/C21H24N2O4S/c1-3-15-8-10-16(11-9-15)22-19(24)14(2)27-21(26)17-6-4-12-23(17)20(25)18-7-5-13-28-18/h5,7-11,13-14,17H,3-4,6,12H2,1-2H3,(H,22,24). The lowest BCUT2D eigenvalue weighted by molar-refractivity contribution is -0.156. The molecule has 28 heavy (non-hydrogen) atoms. The molecule has 3 rings (SSSR count). The zero-order chi connectivity index (χ0) is 20.1. The first-order valence-electron chi connectivity index (χ1n) is 9.44. The number of ether oxygens (including phenoxy) is 1. The van der Waals surface area contributed by atoms with Crippen LogP contribution in [0.1, 0.15) is 41.9 Å². The van der Waals surface area contributed by atoms with Crippen molar-refractivity contribution in [1.29, 1.82) is 0 Å². The number of hydrogen-bond donors (Lipinski definition) is 1. The summed E-state index contributed by atoms with van der Waals surface area (Å²) in [6.45, 7) is 4.11. The van der Waals surface area contributed by atoms with E-state index >= 15 is 0 Å². The quantitative estimate of drug-likeness (QED) is 0.753. The molecule has 2 unspecified atom stereocenters. The fraction of sp³-hybridized carbons (Fsp3) is 0.381. The zero-order valence-corrected chi connectivity index (χ0v) is 16.8. The lowest BCUT2D eigenvalue weighted by Gasteiger charge is -2.24. The number of aryl methyl sites for hydroxylation is 1. The Morgan fingerprint density at radius 3 is 2.64 bits per heavy atom. The second-order valence-corrected chi connectivity index (χ2v) is 7.70. The number of hydrogen-bond acceptors (Lipinski definition) is 5. The minimum absolute atomic E-state index is 0.164. The van der Waals surface area contributed by atoms with E-state index in [1.807, 2.05) is 29.6 Å². The molecular weight excluding hydrogens is 376 g/mol. The number of benzene rings is 1. The van der Waals surface area contributed by atoms with E-state index in [9.17, 15) is 14.4 Å². The van der Waals surface area contributed by atoms with Gasteiger partial charge in [0.1, 0.15) is 6.04 Å². The first-order valence-corrected chi connectivity index (χ1v) is 10.3. The number of rotatable bonds is 6. The summed E-state index contributed by atoms with van der Waals surface area (Å²) in [6.07, 6.45) is 1.26. The van der Waals surface area contributed by atoms with Gasteiger partial charge in [0.25, 0.3) is 11.8 Å². The smallest absolute Gasteiger partial charge is 0.329 e. The van der Waals surface area contributed by atoms with Gasteiger partial charge in [-0.05, 0) is 55.3 Å². The molecule has 1 saturated heterocycles. The Bertz CT molecular complexity index is 833. The molecule has 0 saturated carbocycles. The summed E-state index contributed by atoms with van der Waals surface area (Å²) in [5.41, 5.74) is 1.83. The number of likely N-dealkylation sites (tertiary alicyclic amines) is 1. The number of thiophene rings is 1. The molecule has 0 radical (unpaired) electrons. The highest BCUT2D eigenvalue weighted by molar-refractivity contribution is 7.12. The van der Waals surface area contributed by atoms with Gasteiger partial charge in [-0.15, -0.1) is 11.3 Å². The summed E-state index contributed by atoms with van der Waals surface area (Å²) in [7, 11) is 0. The molecule has 1 fully saturated rings. The first-order chi connectivity index (χ1) is 13.5. The second kappa shape index (κ2) is 9.01. The Kier molecular flexibility index (Phi) is 6.46. The molecule has 0 bridgehead atoms. The van der Waals surface area contributed by atoms with Crippen LogP contribution in [0.2, 0.25) is 0 Å². The van der Waals surface area contributed by atoms with Gasteiger partial charge in [0.05, 0.1) is 4.88 Å². The molecule has 6 nitrogen and oxygen atoms in total. The molecule has 1 aliphatic heterocycles. The van der Waals surface area contributed by atoms with E-state index in [-0.39, 0.29) is 5.91 Å². The number of esters is 1. The SMILES string of the molecule is CCc1ccc(NC(=O)C(C)OC(=O)C2CCCN2C(=O)c2cccs2)cc1. The Morgan fingerprint density at radius 2 is 2.00 bits per heavy atom. The van der Waals surface area contributed by atoms with Crippen LogP contribution < -0.4 is 5.32 Å². The van der Waals surface area contributed by atoms with Crippen LogP contribution in [0, 0.1) is 0 Å². The van der Waals surface area contributed by atoms with Crippen LogP contribution in [0.5, 0.6) is 0 Å². The monoisotopic (exact) mass is 400 g/mol. The second-order valence-electron chi connectivity index (χ2n) is 6.75. The van der Waals surface area contributed by atoms with Gasteiger partial charge in [0, 0.05) is 12.2 Å². The maximum absolute atomic E-state index is 12.6. The topological polar surface area (TPSA) is 75.7 Å². The molecule has 7 heteroatoms. The van der Waals surface area contributed by atoms with E-state index in [1.165, 1.54) is 23.8 Å². The molecule has 2 atom stereocenters. The summed E-state index contributed by atoms with van der Waals surface area (Å²) < 4.78 is 5.37. The van der Waals surface area contributed by atoms with Crippen molar-refractivity contribution >= 4 is 34.8 Å². The molecule has 2 heterocycles. The molecule has 148 valence electrons. The highest BCUT2D eigenvalue weighted by atomic mass is 32.1. The zero-order valence-electron chi connectivity index (χ0n) is 16.0. The lowest BCUT2D eigenvalue weighted by atomic mass is 10.1. The Labute approximate surface area is 168 Å². The van der Waals surface area contributed by atoms with E-state index < -0.39 is 24.0 Å². The van der Waals surface area contributed by atoms with Gasteiger partial charge in [0.15, 0.2) is 6.10 Å². The van der Waals surface area contributed by atoms with Crippen LogP contribution in [-0.4, -0.2) is 41.4 Å². The van der Waals surface area contributed by atoms with Crippen molar-refractivity contribution in [3.63, 3.8) is 0 Å². The van der Waals surface area contributed by atoms with E-state index in [0.717, 1.165) is 12.8 Å². The molecule has 1 aliphatic rings. The number of anilines is 1. The van der Waals surface area contributed by atoms with Crippen LogP contribution in [0.15, 0.2) is 41.8 Å². The van der Waals surface area contributed by atoms with Gasteiger partial charge in [-0.25, -0.2) is 4.79 Å². The van der Waals surface area contributed by atoms with Gasteiger partial charge in [0.2, 0.25) is 0 Å². The van der Waals surface area contributed by atoms with Crippen molar-refractivity contribution in [2.45, 2.75) is 45.3 Å². The minimum Gasteiger partial charge on any atom is -0.451 e. The minimum atomic E-state index is -0.947. The normalized spacial score (nSPS) is 17.2. The summed E-state index contributed by atoms with van der Waals surface area (Å²) in [4.78, 5) is 39.7. The highest BCUT2D eigenvalue weighted by Crippen LogP contribution is 2.23. The van der Waals surface area contributed by atoms with Crippen molar-refractivity contribution in [2.24, 2.45) is 0 Å². The Hall–Kier alpha value is -2.67. The van der Waals surface area contributed by atoms with Crippen molar-refractivity contribution in [2.75, 3.05) is 11.9 Å². The number of nitrogens with zero attached hydrogens (tertiary/aromatic N) is 1. The van der Waals surface area contributed by atoms with Crippen LogP contribution >= 0.6 is 11.3 Å². The van der Waals surface area contributed by atoms with Crippen LogP contribution in [0.4, 0.5) is 5.69 Å². The third-order valence-corrected chi connectivity index (χ3v) is 5.67. The highest BCUT2D eigenvalue weighted by Gasteiger charge is 2.37. The largest absolute Gasteiger partial charge is 0.451 e. The lowest BCUT2D eigenvalue weighted by Crippen LogP contribution is -2.43. The van der Waals surface area contributed by atoms with E-state index in [2.05, 4.69) is 12.2 Å². The molecule has 2 amide bonds. The van der Waals surface area contributed by atoms with Gasteiger partial charge < -0.3 is 15.0 Å². The van der Waals surface area contributed by atoms with Crippen LogP contribution in [0.25, 0.3) is 0 Å². The molecule has 1 N–H and O–H groups in total. The van der Waals surface area contributed by atoms with Gasteiger partial charge in [-0.3, -0.25) is 9.59 Å². The third-order valence-electron chi connectivity index (χ3n) is 4.81. The molecule has 2 aromatic rings. The first kappa shape index (κ1) is 20.1. The Morgan fingerprint density at radius 1 is 1.25 bits per heavy atom. The molecule has 1 aromatic carbocycles. The maximum Gasteiger partial charge on any atom is 0.329 e. The maximum atomic E-state index is 12.6. The Balaban J connectivity index is 1.57. The van der Waals surface area contributed by atoms with Crippen molar-refractivity contribution < 1.29 is 19.1 Å².